The van der Waals surface area contributed by atoms with E-state index in [4.69, 9.17) is 5.73 Å². The number of hydrogen-bond donors (Lipinski definition) is 1. The maximum atomic E-state index is 5.68. The summed E-state index contributed by atoms with van der Waals surface area (Å²) < 4.78 is 0. The van der Waals surface area contributed by atoms with Crippen molar-refractivity contribution in [2.45, 2.75) is 12.3 Å². The van der Waals surface area contributed by atoms with Crippen LogP contribution >= 0.6 is 0 Å². The molecule has 1 saturated heterocycles. The molecule has 0 saturated carbocycles. The van der Waals surface area contributed by atoms with Crippen molar-refractivity contribution in [2.24, 2.45) is 0 Å². The summed E-state index contributed by atoms with van der Waals surface area (Å²) in [5.74, 6) is 0.672. The van der Waals surface area contributed by atoms with Crippen LogP contribution in [0.2, 0.25) is 0 Å². The molecule has 0 radical (unpaired) electrons. The Kier molecular flexibility index (Phi) is 3.07. The number of likely N-dealkylation sites (tertiary alicyclic amines) is 1. The van der Waals surface area contributed by atoms with E-state index in [2.05, 4.69) is 23.6 Å². The maximum Gasteiger partial charge on any atom is 0.0314 e. The highest BCUT2D eigenvalue weighted by molar-refractivity contribution is 5.40. The van der Waals surface area contributed by atoms with Crippen molar-refractivity contribution >= 4 is 5.69 Å². The molecule has 2 N–H and O–H groups in total. The summed E-state index contributed by atoms with van der Waals surface area (Å²) in [5.41, 5.74) is 7.94. The van der Waals surface area contributed by atoms with Crippen molar-refractivity contribution in [1.29, 1.82) is 0 Å². The fourth-order valence-electron chi connectivity index (χ4n) is 2.22. The van der Waals surface area contributed by atoms with Gasteiger partial charge in [0, 0.05) is 18.8 Å². The van der Waals surface area contributed by atoms with E-state index < -0.39 is 0 Å². The van der Waals surface area contributed by atoms with Gasteiger partial charge in [-0.15, -0.1) is 6.58 Å². The smallest absolute Gasteiger partial charge is 0.0314 e. The standard InChI is InChI=1S/C13H18N2/c1-2-8-15-9-7-12(10-15)11-3-5-13(14)6-4-11/h2-6,12H,1,7-10,14H2. The summed E-state index contributed by atoms with van der Waals surface area (Å²) >= 11 is 0. The van der Waals surface area contributed by atoms with Crippen LogP contribution in [0.5, 0.6) is 0 Å². The van der Waals surface area contributed by atoms with Crippen LogP contribution in [-0.4, -0.2) is 24.5 Å². The first-order chi connectivity index (χ1) is 7.29. The van der Waals surface area contributed by atoms with Crippen LogP contribution in [0.3, 0.4) is 0 Å². The van der Waals surface area contributed by atoms with Crippen LogP contribution in [0.1, 0.15) is 17.9 Å². The van der Waals surface area contributed by atoms with Gasteiger partial charge >= 0.3 is 0 Å². The molecule has 2 nitrogen and oxygen atoms in total. The molecule has 80 valence electrons. The lowest BCUT2D eigenvalue weighted by Gasteiger charge is -2.13. The van der Waals surface area contributed by atoms with E-state index in [-0.39, 0.29) is 0 Å². The molecule has 1 aromatic rings. The highest BCUT2D eigenvalue weighted by Crippen LogP contribution is 2.27. The Bertz CT molecular complexity index is 329. The van der Waals surface area contributed by atoms with Crippen LogP contribution in [0.15, 0.2) is 36.9 Å². The van der Waals surface area contributed by atoms with E-state index in [0.717, 1.165) is 18.8 Å². The molecule has 2 heteroatoms. The zero-order valence-electron chi connectivity index (χ0n) is 9.02. The Hall–Kier alpha value is -1.28. The van der Waals surface area contributed by atoms with Crippen molar-refractivity contribution in [3.05, 3.63) is 42.5 Å². The van der Waals surface area contributed by atoms with Gasteiger partial charge in [0.15, 0.2) is 0 Å². The second-order valence-corrected chi connectivity index (χ2v) is 4.20. The minimum atomic E-state index is 0.672. The molecule has 0 aliphatic carbocycles. The number of nitrogen functional groups attached to an aromatic ring is 1. The van der Waals surface area contributed by atoms with Gasteiger partial charge in [0.05, 0.1) is 0 Å². The first-order valence-corrected chi connectivity index (χ1v) is 5.48. The van der Waals surface area contributed by atoms with Gasteiger partial charge in [-0.1, -0.05) is 18.2 Å². The fourth-order valence-corrected chi connectivity index (χ4v) is 2.22. The van der Waals surface area contributed by atoms with Gasteiger partial charge in [0.2, 0.25) is 0 Å². The van der Waals surface area contributed by atoms with E-state index in [1.807, 2.05) is 18.2 Å². The Morgan fingerprint density at radius 2 is 2.13 bits per heavy atom. The molecule has 1 atom stereocenters. The molecule has 2 rings (SSSR count). The highest BCUT2D eigenvalue weighted by Gasteiger charge is 2.22. The SMILES string of the molecule is C=CCN1CCC(c2ccc(N)cc2)C1. The fraction of sp³-hybridized carbons (Fsp3) is 0.385. The van der Waals surface area contributed by atoms with Crippen molar-refractivity contribution in [2.75, 3.05) is 25.4 Å². The predicted molar refractivity (Wildman–Crippen MR) is 64.8 cm³/mol. The largest absolute Gasteiger partial charge is 0.399 e. The average molecular weight is 202 g/mol. The van der Waals surface area contributed by atoms with E-state index in [1.54, 1.807) is 0 Å². The molecule has 0 spiro atoms. The number of nitrogens with two attached hydrogens (primary N) is 1. The molecular weight excluding hydrogens is 184 g/mol. The Morgan fingerprint density at radius 3 is 2.80 bits per heavy atom. The third-order valence-electron chi connectivity index (χ3n) is 3.07. The predicted octanol–water partition coefficient (Wildman–Crippen LogP) is 2.24. The number of hydrogen-bond acceptors (Lipinski definition) is 2. The topological polar surface area (TPSA) is 29.3 Å². The number of nitrogens with zero attached hydrogens (tertiary/aromatic N) is 1. The molecule has 1 heterocycles. The van der Waals surface area contributed by atoms with Crippen LogP contribution < -0.4 is 5.73 Å². The molecule has 1 aliphatic rings. The summed E-state index contributed by atoms with van der Waals surface area (Å²) in [6.07, 6.45) is 3.23. The molecule has 1 unspecified atom stereocenters. The van der Waals surface area contributed by atoms with Crippen LogP contribution in [-0.2, 0) is 0 Å². The lowest BCUT2D eigenvalue weighted by Crippen LogP contribution is -2.19. The molecule has 0 bridgehead atoms. The van der Waals surface area contributed by atoms with Gasteiger partial charge < -0.3 is 5.73 Å². The van der Waals surface area contributed by atoms with E-state index in [1.165, 1.54) is 18.5 Å². The summed E-state index contributed by atoms with van der Waals surface area (Å²) in [4.78, 5) is 2.44. The van der Waals surface area contributed by atoms with Gasteiger partial charge in [-0.2, -0.15) is 0 Å². The summed E-state index contributed by atoms with van der Waals surface area (Å²) in [5, 5.41) is 0. The molecule has 0 aromatic heterocycles. The average Bonchev–Trinajstić information content (AvgIpc) is 2.68. The first-order valence-electron chi connectivity index (χ1n) is 5.48. The van der Waals surface area contributed by atoms with Gasteiger partial charge in [-0.3, -0.25) is 4.90 Å². The first kappa shape index (κ1) is 10.2. The number of rotatable bonds is 3. The Balaban J connectivity index is 2.01. The maximum absolute atomic E-state index is 5.68. The van der Waals surface area contributed by atoms with E-state index in [9.17, 15) is 0 Å². The van der Waals surface area contributed by atoms with E-state index in [0.29, 0.717) is 5.92 Å². The molecule has 15 heavy (non-hydrogen) atoms. The Morgan fingerprint density at radius 1 is 1.40 bits per heavy atom. The Labute approximate surface area is 91.4 Å². The number of anilines is 1. The van der Waals surface area contributed by atoms with Crippen molar-refractivity contribution in [1.82, 2.24) is 4.90 Å². The number of benzene rings is 1. The van der Waals surface area contributed by atoms with Crippen molar-refractivity contribution < 1.29 is 0 Å². The monoisotopic (exact) mass is 202 g/mol. The minimum Gasteiger partial charge on any atom is -0.399 e. The zero-order valence-corrected chi connectivity index (χ0v) is 9.02. The zero-order chi connectivity index (χ0) is 10.7. The quantitative estimate of drug-likeness (QED) is 0.601. The van der Waals surface area contributed by atoms with Gasteiger partial charge in [0.25, 0.3) is 0 Å². The normalized spacial score (nSPS) is 21.7. The van der Waals surface area contributed by atoms with Gasteiger partial charge in [-0.05, 0) is 36.6 Å². The summed E-state index contributed by atoms with van der Waals surface area (Å²) in [6.45, 7) is 7.11. The third-order valence-corrected chi connectivity index (χ3v) is 3.07. The van der Waals surface area contributed by atoms with Gasteiger partial charge in [-0.25, -0.2) is 0 Å². The molecule has 1 aliphatic heterocycles. The molecule has 1 fully saturated rings. The molecule has 1 aromatic carbocycles. The van der Waals surface area contributed by atoms with Crippen LogP contribution in [0.25, 0.3) is 0 Å². The van der Waals surface area contributed by atoms with E-state index >= 15 is 0 Å². The summed E-state index contributed by atoms with van der Waals surface area (Å²) in [6, 6.07) is 8.28. The second kappa shape index (κ2) is 4.49. The molecular formula is C13H18N2. The van der Waals surface area contributed by atoms with Crippen LogP contribution in [0.4, 0.5) is 5.69 Å². The lowest BCUT2D eigenvalue weighted by atomic mass is 9.98. The summed E-state index contributed by atoms with van der Waals surface area (Å²) in [7, 11) is 0. The van der Waals surface area contributed by atoms with Gasteiger partial charge in [0.1, 0.15) is 0 Å². The minimum absolute atomic E-state index is 0.672. The lowest BCUT2D eigenvalue weighted by molar-refractivity contribution is 0.372. The van der Waals surface area contributed by atoms with Crippen molar-refractivity contribution in [3.63, 3.8) is 0 Å². The second-order valence-electron chi connectivity index (χ2n) is 4.20. The molecule has 0 amide bonds. The van der Waals surface area contributed by atoms with Crippen LogP contribution in [0, 0.1) is 0 Å². The third kappa shape index (κ3) is 2.39. The highest BCUT2D eigenvalue weighted by atomic mass is 15.1. The van der Waals surface area contributed by atoms with Crippen molar-refractivity contribution in [3.8, 4) is 0 Å².